The predicted octanol–water partition coefficient (Wildman–Crippen LogP) is 0.593. The second kappa shape index (κ2) is 12.9. The Morgan fingerprint density at radius 2 is 1.97 bits per heavy atom. The molecule has 10 nitrogen and oxygen atoms in total. The van der Waals surface area contributed by atoms with E-state index >= 15 is 0 Å². The van der Waals surface area contributed by atoms with Gasteiger partial charge in [-0.1, -0.05) is 0 Å². The van der Waals surface area contributed by atoms with Crippen LogP contribution in [0.4, 0.5) is 0 Å². The van der Waals surface area contributed by atoms with Crippen molar-refractivity contribution in [3.8, 4) is 11.5 Å². The molecule has 0 spiro atoms. The van der Waals surface area contributed by atoms with E-state index in [2.05, 4.69) is 27.9 Å². The summed E-state index contributed by atoms with van der Waals surface area (Å²) in [4.78, 5) is 27.4. The lowest BCUT2D eigenvalue weighted by Crippen LogP contribution is -2.56. The number of carbonyl (C=O) groups excluding carboxylic acids is 2. The fourth-order valence-electron chi connectivity index (χ4n) is 4.10. The van der Waals surface area contributed by atoms with Gasteiger partial charge in [-0.15, -0.1) is 0 Å². The highest BCUT2D eigenvalue weighted by molar-refractivity contribution is 14.1. The van der Waals surface area contributed by atoms with Crippen LogP contribution in [0.2, 0.25) is 0 Å². The summed E-state index contributed by atoms with van der Waals surface area (Å²) in [6.07, 6.45) is 1.62. The monoisotopic (exact) mass is 604 g/mol. The molecule has 2 aliphatic rings. The van der Waals surface area contributed by atoms with E-state index in [-0.39, 0.29) is 38.7 Å². The fourth-order valence-corrected chi connectivity index (χ4v) is 4.89. The minimum atomic E-state index is -1.12. The van der Waals surface area contributed by atoms with Gasteiger partial charge in [-0.3, -0.25) is 9.59 Å². The lowest BCUT2D eigenvalue weighted by atomic mass is 9.88. The number of benzene rings is 1. The van der Waals surface area contributed by atoms with Gasteiger partial charge in [-0.2, -0.15) is 0 Å². The summed E-state index contributed by atoms with van der Waals surface area (Å²) in [6.45, 7) is 0.0305. The van der Waals surface area contributed by atoms with Gasteiger partial charge >= 0.3 is 0 Å². The van der Waals surface area contributed by atoms with Crippen molar-refractivity contribution in [3.05, 3.63) is 32.9 Å². The summed E-state index contributed by atoms with van der Waals surface area (Å²) in [5.74, 6) is 0.427. The van der Waals surface area contributed by atoms with Crippen molar-refractivity contribution >= 4 is 34.4 Å². The zero-order valence-corrected chi connectivity index (χ0v) is 22.1. The summed E-state index contributed by atoms with van der Waals surface area (Å²) in [6, 6.07) is 2.68. The molecule has 1 saturated carbocycles. The van der Waals surface area contributed by atoms with Crippen LogP contribution in [0.3, 0.4) is 0 Å². The van der Waals surface area contributed by atoms with Crippen molar-refractivity contribution in [1.82, 2.24) is 10.2 Å². The Bertz CT molecular complexity index is 936. The minimum Gasteiger partial charge on any atom is -0.493 e. The maximum Gasteiger partial charge on any atom is 0.248 e. The molecule has 0 unspecified atom stereocenters. The number of ether oxygens (including phenoxy) is 3. The molecule has 2 aliphatic carbocycles. The van der Waals surface area contributed by atoms with Gasteiger partial charge in [-0.25, -0.2) is 0 Å². The molecule has 1 fully saturated rings. The molecule has 35 heavy (non-hydrogen) atoms. The van der Waals surface area contributed by atoms with Gasteiger partial charge in [0.05, 0.1) is 29.9 Å². The van der Waals surface area contributed by atoms with Crippen LogP contribution < -0.4 is 14.8 Å². The van der Waals surface area contributed by atoms with E-state index in [9.17, 15) is 19.8 Å². The van der Waals surface area contributed by atoms with Crippen molar-refractivity contribution in [2.75, 3.05) is 40.5 Å². The van der Waals surface area contributed by atoms with Gasteiger partial charge in [0.15, 0.2) is 11.5 Å². The Morgan fingerprint density at radius 3 is 2.57 bits per heavy atom. The molecule has 0 bridgehead atoms. The molecule has 1 aromatic rings. The summed E-state index contributed by atoms with van der Waals surface area (Å²) < 4.78 is 17.4. The number of methoxy groups -OCH3 is 2. The lowest BCUT2D eigenvalue weighted by molar-refractivity contribution is -0.142. The van der Waals surface area contributed by atoms with Crippen LogP contribution in [0.25, 0.3) is 0 Å². The number of aliphatic hydroxyl groups is 3. The van der Waals surface area contributed by atoms with Gasteiger partial charge in [0.25, 0.3) is 0 Å². The van der Waals surface area contributed by atoms with Crippen LogP contribution in [-0.2, 0) is 20.9 Å². The van der Waals surface area contributed by atoms with Crippen LogP contribution in [0.1, 0.15) is 24.8 Å². The lowest BCUT2D eigenvalue weighted by Gasteiger charge is -2.40. The van der Waals surface area contributed by atoms with Crippen molar-refractivity contribution in [2.24, 2.45) is 5.92 Å². The molecule has 4 N–H and O–H groups in total. The number of hydrogen-bond acceptors (Lipinski definition) is 8. The van der Waals surface area contributed by atoms with Crippen molar-refractivity contribution in [2.45, 2.75) is 44.1 Å². The van der Waals surface area contributed by atoms with Gasteiger partial charge in [0.1, 0.15) is 18.8 Å². The van der Waals surface area contributed by atoms with Gasteiger partial charge < -0.3 is 39.7 Å². The number of aliphatic hydroxyl groups excluding tert-OH is 3. The van der Waals surface area contributed by atoms with Gasteiger partial charge in [0, 0.05) is 32.2 Å². The third kappa shape index (κ3) is 7.06. The SMILES string of the molecule is COCC(=O)N(CC1CC1)[C@@H]1CC(C(=O)NCCO)=C[C@H](Oc2c(I)cc(CO)cc2OC)[C@H]1O. The zero-order chi connectivity index (χ0) is 25.5. The average Bonchev–Trinajstić information content (AvgIpc) is 3.67. The summed E-state index contributed by atoms with van der Waals surface area (Å²) >= 11 is 2.06. The summed E-state index contributed by atoms with van der Waals surface area (Å²) in [5.41, 5.74) is 0.992. The Morgan fingerprint density at radius 1 is 1.23 bits per heavy atom. The molecule has 1 aromatic carbocycles. The Labute approximate surface area is 218 Å². The van der Waals surface area contributed by atoms with E-state index in [0.717, 1.165) is 12.8 Å². The fraction of sp³-hybridized carbons (Fsp3) is 0.583. The number of carbonyl (C=O) groups is 2. The van der Waals surface area contributed by atoms with Crippen LogP contribution in [-0.4, -0.2) is 90.8 Å². The van der Waals surface area contributed by atoms with Gasteiger partial charge in [0.2, 0.25) is 11.8 Å². The number of amides is 2. The first-order valence-corrected chi connectivity index (χ1v) is 12.6. The van der Waals surface area contributed by atoms with Crippen LogP contribution in [0.5, 0.6) is 11.5 Å². The number of rotatable bonds is 12. The number of halogens is 1. The Kier molecular flexibility index (Phi) is 10.2. The van der Waals surface area contributed by atoms with E-state index < -0.39 is 24.2 Å². The van der Waals surface area contributed by atoms with Crippen LogP contribution >= 0.6 is 22.6 Å². The van der Waals surface area contributed by atoms with E-state index in [4.69, 9.17) is 19.3 Å². The zero-order valence-electron chi connectivity index (χ0n) is 19.9. The van der Waals surface area contributed by atoms with E-state index in [1.165, 1.54) is 14.2 Å². The quantitative estimate of drug-likeness (QED) is 0.255. The predicted molar refractivity (Wildman–Crippen MR) is 135 cm³/mol. The first-order valence-electron chi connectivity index (χ1n) is 11.5. The van der Waals surface area contributed by atoms with Crippen LogP contribution in [0.15, 0.2) is 23.8 Å². The highest BCUT2D eigenvalue weighted by atomic mass is 127. The first kappa shape index (κ1) is 27.7. The Balaban J connectivity index is 1.96. The summed E-state index contributed by atoms with van der Waals surface area (Å²) in [5, 5.41) is 32.6. The number of hydrogen-bond donors (Lipinski definition) is 4. The summed E-state index contributed by atoms with van der Waals surface area (Å²) in [7, 11) is 2.91. The third-order valence-electron chi connectivity index (χ3n) is 6.08. The maximum absolute atomic E-state index is 12.9. The van der Waals surface area contributed by atoms with Crippen molar-refractivity contribution in [3.63, 3.8) is 0 Å². The van der Waals surface area contributed by atoms with E-state index in [1.807, 2.05) is 0 Å². The van der Waals surface area contributed by atoms with E-state index in [0.29, 0.717) is 38.7 Å². The smallest absolute Gasteiger partial charge is 0.248 e. The molecule has 3 atom stereocenters. The second-order valence-electron chi connectivity index (χ2n) is 8.71. The van der Waals surface area contributed by atoms with Crippen molar-refractivity contribution < 1.29 is 39.1 Å². The first-order chi connectivity index (χ1) is 16.8. The molecular weight excluding hydrogens is 571 g/mol. The molecule has 0 heterocycles. The minimum absolute atomic E-state index is 0.0810. The molecule has 3 rings (SSSR count). The highest BCUT2D eigenvalue weighted by Crippen LogP contribution is 2.38. The third-order valence-corrected chi connectivity index (χ3v) is 6.88. The molecule has 0 aliphatic heterocycles. The largest absolute Gasteiger partial charge is 0.493 e. The highest BCUT2D eigenvalue weighted by Gasteiger charge is 2.42. The molecule has 2 amide bonds. The number of nitrogens with zero attached hydrogens (tertiary/aromatic N) is 1. The molecule has 194 valence electrons. The second-order valence-corrected chi connectivity index (χ2v) is 9.87. The molecular formula is C24H33IN2O8. The average molecular weight is 604 g/mol. The Hall–Kier alpha value is -1.93. The molecule has 0 radical (unpaired) electrons. The topological polar surface area (TPSA) is 138 Å². The normalized spacial score (nSPS) is 21.8. The van der Waals surface area contributed by atoms with E-state index in [1.54, 1.807) is 23.1 Å². The molecule has 0 saturated heterocycles. The van der Waals surface area contributed by atoms with Gasteiger partial charge in [-0.05, 0) is 65.1 Å². The molecule has 11 heteroatoms. The standard InChI is InChI=1S/C24H33IN2O8/c1-33-13-21(30)27(11-14-3-4-14)18-9-16(24(32)26-5-6-28)10-19(22(18)31)35-23-17(25)7-15(12-29)8-20(23)34-2/h7-8,10,14,18-19,22,28-29,31H,3-6,9,11-13H2,1-2H3,(H,26,32)/t18-,19+,22+/m1/s1. The molecule has 0 aromatic heterocycles. The van der Waals surface area contributed by atoms with Crippen molar-refractivity contribution in [1.29, 1.82) is 0 Å². The number of nitrogens with one attached hydrogen (secondary N) is 1. The maximum atomic E-state index is 12.9. The van der Waals surface area contributed by atoms with Crippen LogP contribution in [0, 0.1) is 9.49 Å².